The second kappa shape index (κ2) is 3.06. The number of hydrogen-bond donors (Lipinski definition) is 3. The Morgan fingerprint density at radius 1 is 1.64 bits per heavy atom. The highest BCUT2D eigenvalue weighted by atomic mass is 16.4. The zero-order chi connectivity index (χ0) is 8.43. The van der Waals surface area contributed by atoms with Gasteiger partial charge in [-0.1, -0.05) is 0 Å². The first kappa shape index (κ1) is 8.29. The van der Waals surface area contributed by atoms with E-state index in [9.17, 15) is 4.79 Å². The molecular formula is C6H12N2O3. The summed E-state index contributed by atoms with van der Waals surface area (Å²) in [5.74, 6) is 0. The molecule has 0 aromatic carbocycles. The van der Waals surface area contributed by atoms with Crippen LogP contribution in [-0.4, -0.2) is 46.4 Å². The van der Waals surface area contributed by atoms with Crippen LogP contribution in [0.1, 0.15) is 6.42 Å². The minimum absolute atomic E-state index is 0.135. The second-order valence-corrected chi connectivity index (χ2v) is 2.75. The van der Waals surface area contributed by atoms with E-state index >= 15 is 0 Å². The van der Waals surface area contributed by atoms with E-state index in [1.807, 2.05) is 0 Å². The summed E-state index contributed by atoms with van der Waals surface area (Å²) in [6, 6.07) is -0.273. The SMILES string of the molecule is N[C@@H]1CCN(C(=O)O)C[C@@H]1O. The highest BCUT2D eigenvalue weighted by Crippen LogP contribution is 2.08. The van der Waals surface area contributed by atoms with E-state index in [1.165, 1.54) is 4.90 Å². The topological polar surface area (TPSA) is 86.8 Å². The Kier molecular flexibility index (Phi) is 2.31. The van der Waals surface area contributed by atoms with Gasteiger partial charge in [0, 0.05) is 12.6 Å². The summed E-state index contributed by atoms with van der Waals surface area (Å²) in [6.45, 7) is 0.560. The third kappa shape index (κ3) is 1.81. The van der Waals surface area contributed by atoms with Crippen LogP contribution in [0.2, 0.25) is 0 Å². The molecule has 1 amide bonds. The highest BCUT2D eigenvalue weighted by molar-refractivity contribution is 5.65. The van der Waals surface area contributed by atoms with Crippen molar-refractivity contribution >= 4 is 6.09 Å². The lowest BCUT2D eigenvalue weighted by molar-refractivity contribution is 0.0523. The summed E-state index contributed by atoms with van der Waals surface area (Å²) < 4.78 is 0. The standard InChI is InChI=1S/C6H12N2O3/c7-4-1-2-8(6(10)11)3-5(4)9/h4-5,9H,1-3,7H2,(H,10,11)/t4-,5+/m1/s1. The van der Waals surface area contributed by atoms with Crippen LogP contribution in [0.4, 0.5) is 4.79 Å². The molecule has 1 fully saturated rings. The van der Waals surface area contributed by atoms with Crippen LogP contribution in [0, 0.1) is 0 Å². The maximum Gasteiger partial charge on any atom is 0.407 e. The molecule has 1 aliphatic rings. The monoisotopic (exact) mass is 160 g/mol. The van der Waals surface area contributed by atoms with E-state index in [2.05, 4.69) is 0 Å². The van der Waals surface area contributed by atoms with E-state index in [1.54, 1.807) is 0 Å². The Morgan fingerprint density at radius 2 is 2.27 bits per heavy atom. The Bertz CT molecular complexity index is 162. The molecule has 64 valence electrons. The number of amides is 1. The third-order valence-electron chi connectivity index (χ3n) is 1.90. The Balaban J connectivity index is 2.46. The van der Waals surface area contributed by atoms with Crippen molar-refractivity contribution in [2.75, 3.05) is 13.1 Å². The van der Waals surface area contributed by atoms with Gasteiger partial charge in [-0.15, -0.1) is 0 Å². The van der Waals surface area contributed by atoms with Gasteiger partial charge in [0.25, 0.3) is 0 Å². The molecule has 0 aromatic heterocycles. The molecule has 1 aliphatic heterocycles. The molecule has 0 unspecified atom stereocenters. The number of likely N-dealkylation sites (tertiary alicyclic amines) is 1. The largest absolute Gasteiger partial charge is 0.465 e. The molecule has 5 heteroatoms. The van der Waals surface area contributed by atoms with Crippen molar-refractivity contribution in [2.45, 2.75) is 18.6 Å². The van der Waals surface area contributed by atoms with Gasteiger partial charge in [0.1, 0.15) is 0 Å². The van der Waals surface area contributed by atoms with Gasteiger partial charge in [-0.2, -0.15) is 0 Å². The minimum Gasteiger partial charge on any atom is -0.465 e. The average molecular weight is 160 g/mol. The average Bonchev–Trinajstić information content (AvgIpc) is 1.94. The molecule has 0 bridgehead atoms. The Labute approximate surface area is 64.4 Å². The maximum absolute atomic E-state index is 10.4. The zero-order valence-electron chi connectivity index (χ0n) is 6.10. The van der Waals surface area contributed by atoms with Gasteiger partial charge in [0.15, 0.2) is 0 Å². The quantitative estimate of drug-likeness (QED) is 0.426. The fraction of sp³-hybridized carbons (Fsp3) is 0.833. The number of hydrogen-bond acceptors (Lipinski definition) is 3. The summed E-state index contributed by atoms with van der Waals surface area (Å²) in [7, 11) is 0. The molecule has 0 aliphatic carbocycles. The molecule has 1 rings (SSSR count). The molecule has 11 heavy (non-hydrogen) atoms. The van der Waals surface area contributed by atoms with Gasteiger partial charge in [-0.3, -0.25) is 0 Å². The molecule has 0 saturated carbocycles. The first-order valence-corrected chi connectivity index (χ1v) is 3.53. The number of carboxylic acid groups (broad SMARTS) is 1. The van der Waals surface area contributed by atoms with Crippen molar-refractivity contribution in [3.8, 4) is 0 Å². The van der Waals surface area contributed by atoms with Gasteiger partial charge in [0.2, 0.25) is 0 Å². The van der Waals surface area contributed by atoms with Gasteiger partial charge < -0.3 is 20.8 Å². The number of nitrogens with zero attached hydrogens (tertiary/aromatic N) is 1. The van der Waals surface area contributed by atoms with Crippen LogP contribution in [0.5, 0.6) is 0 Å². The van der Waals surface area contributed by atoms with E-state index in [4.69, 9.17) is 15.9 Å². The van der Waals surface area contributed by atoms with Crippen molar-refractivity contribution in [1.29, 1.82) is 0 Å². The Morgan fingerprint density at radius 3 is 2.73 bits per heavy atom. The summed E-state index contributed by atoms with van der Waals surface area (Å²) >= 11 is 0. The highest BCUT2D eigenvalue weighted by Gasteiger charge is 2.26. The molecule has 0 spiro atoms. The summed E-state index contributed by atoms with van der Waals surface area (Å²) in [4.78, 5) is 11.6. The van der Waals surface area contributed by atoms with Gasteiger partial charge >= 0.3 is 6.09 Å². The van der Waals surface area contributed by atoms with Crippen LogP contribution in [0.15, 0.2) is 0 Å². The number of rotatable bonds is 0. The second-order valence-electron chi connectivity index (χ2n) is 2.75. The number of piperidine rings is 1. The van der Waals surface area contributed by atoms with E-state index in [0.717, 1.165) is 0 Å². The number of aliphatic hydroxyl groups excluding tert-OH is 1. The molecule has 5 nitrogen and oxygen atoms in total. The number of aliphatic hydroxyl groups is 1. The summed E-state index contributed by atoms with van der Waals surface area (Å²) in [5.41, 5.74) is 5.47. The molecule has 0 radical (unpaired) electrons. The lowest BCUT2D eigenvalue weighted by atomic mass is 10.0. The predicted molar refractivity (Wildman–Crippen MR) is 38.2 cm³/mol. The lowest BCUT2D eigenvalue weighted by Gasteiger charge is -2.31. The van der Waals surface area contributed by atoms with Crippen molar-refractivity contribution in [3.05, 3.63) is 0 Å². The first-order valence-electron chi connectivity index (χ1n) is 3.53. The zero-order valence-corrected chi connectivity index (χ0v) is 6.10. The maximum atomic E-state index is 10.4. The van der Waals surface area contributed by atoms with Crippen molar-refractivity contribution in [3.63, 3.8) is 0 Å². The van der Waals surface area contributed by atoms with E-state index < -0.39 is 12.2 Å². The third-order valence-corrected chi connectivity index (χ3v) is 1.90. The number of β-amino-alcohol motifs (C(OH)–C–C–N with tert-alkyl or cyclic N) is 1. The van der Waals surface area contributed by atoms with Gasteiger partial charge in [-0.25, -0.2) is 4.79 Å². The molecular weight excluding hydrogens is 148 g/mol. The minimum atomic E-state index is -0.990. The molecule has 2 atom stereocenters. The number of carbonyl (C=O) groups is 1. The van der Waals surface area contributed by atoms with Crippen LogP contribution in [0.25, 0.3) is 0 Å². The molecule has 0 aromatic rings. The number of nitrogens with two attached hydrogens (primary N) is 1. The normalized spacial score (nSPS) is 32.0. The van der Waals surface area contributed by atoms with Crippen LogP contribution in [-0.2, 0) is 0 Å². The fourth-order valence-electron chi connectivity index (χ4n) is 1.12. The Hall–Kier alpha value is -0.810. The van der Waals surface area contributed by atoms with Crippen LogP contribution in [0.3, 0.4) is 0 Å². The van der Waals surface area contributed by atoms with Gasteiger partial charge in [-0.05, 0) is 6.42 Å². The van der Waals surface area contributed by atoms with Crippen LogP contribution < -0.4 is 5.73 Å². The molecule has 1 saturated heterocycles. The summed E-state index contributed by atoms with van der Waals surface area (Å²) in [5, 5.41) is 17.7. The lowest BCUT2D eigenvalue weighted by Crippen LogP contribution is -2.51. The first-order chi connectivity index (χ1) is 5.11. The van der Waals surface area contributed by atoms with E-state index in [0.29, 0.717) is 13.0 Å². The smallest absolute Gasteiger partial charge is 0.407 e. The van der Waals surface area contributed by atoms with E-state index in [-0.39, 0.29) is 12.6 Å². The van der Waals surface area contributed by atoms with Crippen LogP contribution >= 0.6 is 0 Å². The predicted octanol–water partition coefficient (Wildman–Crippen LogP) is -0.942. The van der Waals surface area contributed by atoms with Crippen molar-refractivity contribution in [2.24, 2.45) is 5.73 Å². The summed E-state index contributed by atoms with van der Waals surface area (Å²) in [6.07, 6.45) is -1.16. The molecule has 1 heterocycles. The fourth-order valence-corrected chi connectivity index (χ4v) is 1.12. The molecule has 4 N–H and O–H groups in total. The van der Waals surface area contributed by atoms with Crippen molar-refractivity contribution < 1.29 is 15.0 Å². The van der Waals surface area contributed by atoms with Gasteiger partial charge in [0.05, 0.1) is 12.6 Å². The van der Waals surface area contributed by atoms with Crippen molar-refractivity contribution in [1.82, 2.24) is 4.90 Å².